The Morgan fingerprint density at radius 2 is 1.41 bits per heavy atom. The molecule has 0 aromatic carbocycles. The van der Waals surface area contributed by atoms with Gasteiger partial charge in [-0.05, 0) is 25.7 Å². The summed E-state index contributed by atoms with van der Waals surface area (Å²) in [5.74, 6) is -5.83. The van der Waals surface area contributed by atoms with Crippen molar-refractivity contribution < 1.29 is 34.2 Å². The lowest BCUT2D eigenvalue weighted by atomic mass is 10.0. The van der Waals surface area contributed by atoms with Gasteiger partial charge in [0.1, 0.15) is 18.1 Å². The summed E-state index contributed by atoms with van der Waals surface area (Å²) in [5, 5.41) is 25.2. The van der Waals surface area contributed by atoms with Crippen LogP contribution in [0.4, 0.5) is 0 Å². The number of hydrogen-bond donors (Lipinski definition) is 8. The smallest absolute Gasteiger partial charge is 0.326 e. The van der Waals surface area contributed by atoms with Crippen molar-refractivity contribution in [3.63, 3.8) is 0 Å². The van der Waals surface area contributed by atoms with Crippen LogP contribution < -0.4 is 33.2 Å². The minimum Gasteiger partial charge on any atom is -0.481 e. The zero-order chi connectivity index (χ0) is 25.0. The van der Waals surface area contributed by atoms with Gasteiger partial charge in [0.15, 0.2) is 5.96 Å². The van der Waals surface area contributed by atoms with Gasteiger partial charge in [0.2, 0.25) is 17.7 Å². The standard InChI is InChI=1S/C18H33N7O7/c1-8(2)13(17(31)32)25-16(30)11(7-12(26)27)24-15(29)10(23-14(28)9(3)19)5-4-6-22-18(20)21/h8-11,13H,4-7,19H2,1-3H3,(H,23,28)(H,24,29)(H,25,30)(H,26,27)(H,31,32)(H4,20,21,22). The number of nitrogens with zero attached hydrogens (tertiary/aromatic N) is 1. The fourth-order valence-corrected chi connectivity index (χ4v) is 2.50. The molecular weight excluding hydrogens is 426 g/mol. The van der Waals surface area contributed by atoms with E-state index in [9.17, 15) is 29.1 Å². The maximum atomic E-state index is 12.7. The minimum absolute atomic E-state index is 0.0617. The van der Waals surface area contributed by atoms with Gasteiger partial charge >= 0.3 is 11.9 Å². The maximum absolute atomic E-state index is 12.7. The molecule has 4 unspecified atom stereocenters. The molecule has 0 aromatic rings. The van der Waals surface area contributed by atoms with Gasteiger partial charge in [-0.1, -0.05) is 13.8 Å². The second-order valence-corrected chi connectivity index (χ2v) is 7.53. The number of carboxylic acid groups (broad SMARTS) is 2. The van der Waals surface area contributed by atoms with Crippen LogP contribution >= 0.6 is 0 Å². The highest BCUT2D eigenvalue weighted by Gasteiger charge is 2.32. The van der Waals surface area contributed by atoms with E-state index in [4.69, 9.17) is 22.3 Å². The zero-order valence-electron chi connectivity index (χ0n) is 18.3. The number of amides is 3. The highest BCUT2D eigenvalue weighted by Crippen LogP contribution is 2.05. The summed E-state index contributed by atoms with van der Waals surface area (Å²) in [6, 6.07) is -4.95. The van der Waals surface area contributed by atoms with Crippen LogP contribution in [0.5, 0.6) is 0 Å². The van der Waals surface area contributed by atoms with Crippen molar-refractivity contribution in [3.05, 3.63) is 0 Å². The number of carbonyl (C=O) groups excluding carboxylic acids is 3. The molecule has 14 nitrogen and oxygen atoms in total. The van der Waals surface area contributed by atoms with E-state index in [1.807, 2.05) is 0 Å². The number of guanidine groups is 1. The molecule has 0 aliphatic carbocycles. The van der Waals surface area contributed by atoms with E-state index in [2.05, 4.69) is 20.9 Å². The Bertz CT molecular complexity index is 720. The number of rotatable bonds is 14. The molecule has 0 heterocycles. The molecule has 0 radical (unpaired) electrons. The molecule has 32 heavy (non-hydrogen) atoms. The molecule has 0 saturated heterocycles. The fraction of sp³-hybridized carbons (Fsp3) is 0.667. The molecular formula is C18H33N7O7. The SMILES string of the molecule is CC(N)C(=O)NC(CCCN=C(N)N)C(=O)NC(CC(=O)O)C(=O)NC(C(=O)O)C(C)C. The molecule has 0 aromatic heterocycles. The van der Waals surface area contributed by atoms with Gasteiger partial charge in [-0.3, -0.25) is 24.2 Å². The normalized spacial score (nSPS) is 14.4. The second kappa shape index (κ2) is 13.8. The van der Waals surface area contributed by atoms with E-state index in [-0.39, 0.29) is 25.3 Å². The van der Waals surface area contributed by atoms with Crippen LogP contribution in [0, 0.1) is 5.92 Å². The number of carbonyl (C=O) groups is 5. The Balaban J connectivity index is 5.48. The maximum Gasteiger partial charge on any atom is 0.326 e. The van der Waals surface area contributed by atoms with Crippen LogP contribution in [-0.2, 0) is 24.0 Å². The van der Waals surface area contributed by atoms with E-state index in [0.29, 0.717) is 0 Å². The third-order valence-electron chi connectivity index (χ3n) is 4.23. The first-order valence-electron chi connectivity index (χ1n) is 9.92. The Morgan fingerprint density at radius 3 is 1.84 bits per heavy atom. The van der Waals surface area contributed by atoms with Gasteiger partial charge in [0.25, 0.3) is 0 Å². The lowest BCUT2D eigenvalue weighted by Gasteiger charge is -2.25. The van der Waals surface area contributed by atoms with E-state index in [0.717, 1.165) is 0 Å². The van der Waals surface area contributed by atoms with Gasteiger partial charge in [0, 0.05) is 6.54 Å². The lowest BCUT2D eigenvalue weighted by molar-refractivity contribution is -0.144. The second-order valence-electron chi connectivity index (χ2n) is 7.53. The third-order valence-corrected chi connectivity index (χ3v) is 4.23. The number of carboxylic acids is 2. The first-order valence-corrected chi connectivity index (χ1v) is 9.92. The number of nitrogens with one attached hydrogen (secondary N) is 3. The Kier molecular flexibility index (Phi) is 12.3. The van der Waals surface area contributed by atoms with Crippen molar-refractivity contribution in [2.45, 2.75) is 64.2 Å². The highest BCUT2D eigenvalue weighted by atomic mass is 16.4. The topological polar surface area (TPSA) is 252 Å². The number of aliphatic imine (C=N–C) groups is 1. The van der Waals surface area contributed by atoms with E-state index in [1.165, 1.54) is 6.92 Å². The summed E-state index contributed by atoms with van der Waals surface area (Å²) in [7, 11) is 0. The summed E-state index contributed by atoms with van der Waals surface area (Å²) in [6.07, 6.45) is -0.463. The molecule has 0 spiro atoms. The van der Waals surface area contributed by atoms with Gasteiger partial charge < -0.3 is 43.4 Å². The predicted molar refractivity (Wildman–Crippen MR) is 114 cm³/mol. The van der Waals surface area contributed by atoms with Crippen molar-refractivity contribution in [3.8, 4) is 0 Å². The van der Waals surface area contributed by atoms with Crippen LogP contribution in [-0.4, -0.2) is 76.5 Å². The van der Waals surface area contributed by atoms with E-state index >= 15 is 0 Å². The van der Waals surface area contributed by atoms with E-state index in [1.54, 1.807) is 13.8 Å². The molecule has 14 heteroatoms. The molecule has 11 N–H and O–H groups in total. The number of aliphatic carboxylic acids is 2. The van der Waals surface area contributed by atoms with Gasteiger partial charge in [-0.25, -0.2) is 4.79 Å². The summed E-state index contributed by atoms with van der Waals surface area (Å²) in [4.78, 5) is 63.5. The monoisotopic (exact) mass is 459 g/mol. The summed E-state index contributed by atoms with van der Waals surface area (Å²) < 4.78 is 0. The Morgan fingerprint density at radius 1 is 0.875 bits per heavy atom. The first-order chi connectivity index (χ1) is 14.8. The van der Waals surface area contributed by atoms with Crippen LogP contribution in [0.3, 0.4) is 0 Å². The molecule has 0 saturated carbocycles. The quantitative estimate of drug-likeness (QED) is 0.0744. The number of hydrogen-bond acceptors (Lipinski definition) is 7. The van der Waals surface area contributed by atoms with Crippen molar-refractivity contribution >= 4 is 35.6 Å². The van der Waals surface area contributed by atoms with Crippen molar-refractivity contribution in [2.75, 3.05) is 6.54 Å². The average molecular weight is 460 g/mol. The average Bonchev–Trinajstić information content (AvgIpc) is 2.66. The highest BCUT2D eigenvalue weighted by molar-refractivity contribution is 5.95. The molecule has 0 fully saturated rings. The van der Waals surface area contributed by atoms with Crippen LogP contribution in [0.25, 0.3) is 0 Å². The van der Waals surface area contributed by atoms with Crippen molar-refractivity contribution in [1.29, 1.82) is 0 Å². The Labute approximate surface area is 185 Å². The van der Waals surface area contributed by atoms with Gasteiger partial charge in [-0.2, -0.15) is 0 Å². The molecule has 3 amide bonds. The molecule has 182 valence electrons. The zero-order valence-corrected chi connectivity index (χ0v) is 18.3. The van der Waals surface area contributed by atoms with Crippen LogP contribution in [0.2, 0.25) is 0 Å². The summed E-state index contributed by atoms with van der Waals surface area (Å²) >= 11 is 0. The molecule has 0 aliphatic heterocycles. The first kappa shape index (κ1) is 28.6. The number of nitrogens with two attached hydrogens (primary N) is 3. The molecule has 0 rings (SSSR count). The predicted octanol–water partition coefficient (Wildman–Crippen LogP) is -2.94. The lowest BCUT2D eigenvalue weighted by Crippen LogP contribution is -2.57. The molecule has 0 bridgehead atoms. The summed E-state index contributed by atoms with van der Waals surface area (Å²) in [5.41, 5.74) is 16.0. The minimum atomic E-state index is -1.58. The molecule has 0 aliphatic rings. The summed E-state index contributed by atoms with van der Waals surface area (Å²) in [6.45, 7) is 4.68. The van der Waals surface area contributed by atoms with Crippen LogP contribution in [0.1, 0.15) is 40.0 Å². The van der Waals surface area contributed by atoms with Crippen LogP contribution in [0.15, 0.2) is 4.99 Å². The van der Waals surface area contributed by atoms with E-state index < -0.39 is 66.2 Å². The largest absolute Gasteiger partial charge is 0.481 e. The van der Waals surface area contributed by atoms with Crippen molar-refractivity contribution in [2.24, 2.45) is 28.1 Å². The fourth-order valence-electron chi connectivity index (χ4n) is 2.50. The van der Waals surface area contributed by atoms with Crippen molar-refractivity contribution in [1.82, 2.24) is 16.0 Å². The Hall–Kier alpha value is -3.42. The van der Waals surface area contributed by atoms with Gasteiger partial charge in [0.05, 0.1) is 12.5 Å². The van der Waals surface area contributed by atoms with Gasteiger partial charge in [-0.15, -0.1) is 0 Å². The molecule has 4 atom stereocenters. The third kappa shape index (κ3) is 11.1.